The molecule has 35 heavy (non-hydrogen) atoms. The Hall–Kier alpha value is -2.09. The van der Waals surface area contributed by atoms with Gasteiger partial charge in [-0.05, 0) is 103 Å². The maximum atomic E-state index is 11.8. The van der Waals surface area contributed by atoms with E-state index in [9.17, 15) is 15.0 Å². The quantitative estimate of drug-likeness (QED) is 0.444. The van der Waals surface area contributed by atoms with Gasteiger partial charge in [-0.2, -0.15) is 0 Å². The number of methoxy groups -OCH3 is 1. The molecule has 0 aliphatic carbocycles. The zero-order valence-corrected chi connectivity index (χ0v) is 22.1. The molecule has 0 spiro atoms. The van der Waals surface area contributed by atoms with Crippen LogP contribution in [0.4, 0.5) is 0 Å². The number of rotatable bonds is 2. The number of fused-ring (bicyclic) bond motifs is 7. The SMILES string of the molecule is COc1ccc2cc1-c1cc(cc(Br)c1O)CCC(O)CC1CCCC(CC(OC(C)=O)CC2)N1. The summed E-state index contributed by atoms with van der Waals surface area (Å²) < 4.78 is 12.0. The normalized spacial score (nSPS) is 25.4. The van der Waals surface area contributed by atoms with Crippen molar-refractivity contribution in [2.75, 3.05) is 7.11 Å². The Bertz CT molecular complexity index is 1040. The van der Waals surface area contributed by atoms with Gasteiger partial charge in [-0.15, -0.1) is 0 Å². The van der Waals surface area contributed by atoms with Crippen LogP contribution in [0.1, 0.15) is 63.0 Å². The fourth-order valence-electron chi connectivity index (χ4n) is 5.49. The maximum Gasteiger partial charge on any atom is 0.302 e. The highest BCUT2D eigenvalue weighted by molar-refractivity contribution is 9.10. The van der Waals surface area contributed by atoms with Gasteiger partial charge in [0.15, 0.2) is 0 Å². The zero-order chi connectivity index (χ0) is 24.9. The summed E-state index contributed by atoms with van der Waals surface area (Å²) in [6.07, 6.45) is 6.89. The Labute approximate surface area is 216 Å². The van der Waals surface area contributed by atoms with Gasteiger partial charge in [0.25, 0.3) is 0 Å². The number of carbonyl (C=O) groups excluding carboxylic acids is 1. The number of carbonyl (C=O) groups is 1. The van der Waals surface area contributed by atoms with Crippen molar-refractivity contribution in [2.45, 2.75) is 89.0 Å². The van der Waals surface area contributed by atoms with Crippen molar-refractivity contribution >= 4 is 21.9 Å². The van der Waals surface area contributed by atoms with Gasteiger partial charge in [0, 0.05) is 30.1 Å². The molecule has 2 aromatic carbocycles. The molecule has 2 aliphatic heterocycles. The molecule has 2 heterocycles. The van der Waals surface area contributed by atoms with E-state index in [1.807, 2.05) is 24.3 Å². The minimum atomic E-state index is -0.417. The van der Waals surface area contributed by atoms with E-state index >= 15 is 0 Å². The molecule has 6 bridgehead atoms. The molecule has 190 valence electrons. The molecular weight excluding hydrogens is 510 g/mol. The lowest BCUT2D eigenvalue weighted by Crippen LogP contribution is -2.45. The van der Waals surface area contributed by atoms with Crippen LogP contribution in [-0.2, 0) is 22.4 Å². The summed E-state index contributed by atoms with van der Waals surface area (Å²) in [5, 5.41) is 25.4. The molecule has 0 radical (unpaired) electrons. The van der Waals surface area contributed by atoms with Crippen LogP contribution in [0.5, 0.6) is 11.5 Å². The van der Waals surface area contributed by atoms with Crippen LogP contribution in [0.3, 0.4) is 0 Å². The lowest BCUT2D eigenvalue weighted by Gasteiger charge is -2.34. The number of phenols is 1. The molecule has 4 atom stereocenters. The van der Waals surface area contributed by atoms with Crippen LogP contribution in [-0.4, -0.2) is 47.6 Å². The molecule has 0 aromatic heterocycles. The first-order chi connectivity index (χ1) is 16.8. The second-order valence-corrected chi connectivity index (χ2v) is 10.8. The van der Waals surface area contributed by atoms with Crippen LogP contribution in [0.25, 0.3) is 11.1 Å². The highest BCUT2D eigenvalue weighted by Crippen LogP contribution is 2.41. The second kappa shape index (κ2) is 11.8. The Kier molecular flexibility index (Phi) is 8.73. The first-order valence-corrected chi connectivity index (χ1v) is 13.4. The van der Waals surface area contributed by atoms with Crippen molar-refractivity contribution in [1.82, 2.24) is 5.32 Å². The van der Waals surface area contributed by atoms with Crippen molar-refractivity contribution in [3.63, 3.8) is 0 Å². The maximum absolute atomic E-state index is 11.8. The van der Waals surface area contributed by atoms with E-state index in [2.05, 4.69) is 27.3 Å². The van der Waals surface area contributed by atoms with Gasteiger partial charge in [-0.25, -0.2) is 0 Å². The standard InChI is InChI=1S/C28H36BrNO5/c1-17(31)35-23-10-7-18-8-11-27(34-2)24(12-18)25-13-19(14-26(29)28(25)33)6-9-22(32)15-20-4-3-5-21(16-23)30-20/h8,11-14,20-23,30,32-33H,3-7,9-10,15-16H2,1-2H3. The summed E-state index contributed by atoms with van der Waals surface area (Å²) in [5.41, 5.74) is 3.65. The number of benzene rings is 2. The van der Waals surface area contributed by atoms with Crippen molar-refractivity contribution in [3.8, 4) is 22.6 Å². The smallest absolute Gasteiger partial charge is 0.302 e. The minimum Gasteiger partial charge on any atom is -0.506 e. The summed E-state index contributed by atoms with van der Waals surface area (Å²) in [7, 11) is 1.63. The largest absolute Gasteiger partial charge is 0.506 e. The number of hydrogen-bond acceptors (Lipinski definition) is 6. The molecule has 2 aliphatic rings. The molecule has 0 amide bonds. The third-order valence-corrected chi connectivity index (χ3v) is 7.82. The van der Waals surface area contributed by atoms with E-state index in [-0.39, 0.29) is 29.9 Å². The highest BCUT2D eigenvalue weighted by Gasteiger charge is 2.27. The minimum absolute atomic E-state index is 0.165. The van der Waals surface area contributed by atoms with Crippen LogP contribution in [0, 0.1) is 0 Å². The van der Waals surface area contributed by atoms with E-state index in [0.717, 1.165) is 48.8 Å². The van der Waals surface area contributed by atoms with Crippen LogP contribution in [0.15, 0.2) is 34.8 Å². The van der Waals surface area contributed by atoms with Crippen LogP contribution in [0.2, 0.25) is 0 Å². The van der Waals surface area contributed by atoms with Crippen molar-refractivity contribution in [1.29, 1.82) is 0 Å². The topological polar surface area (TPSA) is 88.0 Å². The Morgan fingerprint density at radius 3 is 2.46 bits per heavy atom. The van der Waals surface area contributed by atoms with Crippen LogP contribution >= 0.6 is 15.9 Å². The van der Waals surface area contributed by atoms with Gasteiger partial charge >= 0.3 is 5.97 Å². The lowest BCUT2D eigenvalue weighted by atomic mass is 9.90. The molecular formula is C28H36BrNO5. The molecule has 2 aromatic rings. The lowest BCUT2D eigenvalue weighted by molar-refractivity contribution is -0.147. The first-order valence-electron chi connectivity index (χ1n) is 12.6. The Morgan fingerprint density at radius 2 is 1.71 bits per heavy atom. The van der Waals surface area contributed by atoms with Gasteiger partial charge < -0.3 is 25.0 Å². The Balaban J connectivity index is 1.71. The summed E-state index contributed by atoms with van der Waals surface area (Å²) >= 11 is 3.51. The average molecular weight is 547 g/mol. The van der Waals surface area contributed by atoms with E-state index in [1.165, 1.54) is 6.92 Å². The van der Waals surface area contributed by atoms with E-state index in [0.29, 0.717) is 41.5 Å². The monoisotopic (exact) mass is 545 g/mol. The first kappa shape index (κ1) is 26.0. The number of hydrogen-bond donors (Lipinski definition) is 3. The summed E-state index contributed by atoms with van der Waals surface area (Å²) in [6.45, 7) is 1.47. The second-order valence-electron chi connectivity index (χ2n) is 9.93. The number of esters is 1. The summed E-state index contributed by atoms with van der Waals surface area (Å²) in [5.74, 6) is 0.588. The van der Waals surface area contributed by atoms with Gasteiger partial charge in [0.1, 0.15) is 17.6 Å². The number of aliphatic hydroxyl groups is 1. The number of phenolic OH excluding ortho intramolecular Hbond substituents is 1. The number of ether oxygens (including phenoxy) is 2. The third kappa shape index (κ3) is 6.78. The predicted molar refractivity (Wildman–Crippen MR) is 140 cm³/mol. The summed E-state index contributed by atoms with van der Waals surface area (Å²) in [4.78, 5) is 11.8. The molecule has 6 nitrogen and oxygen atoms in total. The molecule has 4 rings (SSSR count). The molecule has 1 fully saturated rings. The van der Waals surface area contributed by atoms with Crippen molar-refractivity contribution < 1.29 is 24.5 Å². The van der Waals surface area contributed by atoms with Crippen molar-refractivity contribution in [3.05, 3.63) is 45.9 Å². The fraction of sp³-hybridized carbons (Fsp3) is 0.536. The number of nitrogens with one attached hydrogen (secondary N) is 1. The van der Waals surface area contributed by atoms with Crippen LogP contribution < -0.4 is 10.1 Å². The van der Waals surface area contributed by atoms with Gasteiger partial charge in [-0.1, -0.05) is 12.5 Å². The number of aromatic hydroxyl groups is 1. The summed E-state index contributed by atoms with van der Waals surface area (Å²) in [6, 6.07) is 10.5. The third-order valence-electron chi connectivity index (χ3n) is 7.21. The number of piperidine rings is 1. The van der Waals surface area contributed by atoms with E-state index in [1.54, 1.807) is 7.11 Å². The van der Waals surface area contributed by atoms with E-state index in [4.69, 9.17) is 9.47 Å². The van der Waals surface area contributed by atoms with Gasteiger partial charge in [-0.3, -0.25) is 4.79 Å². The number of aryl methyl sites for hydroxylation is 2. The average Bonchev–Trinajstić information content (AvgIpc) is 2.82. The predicted octanol–water partition coefficient (Wildman–Crippen LogP) is 5.29. The Morgan fingerprint density at radius 1 is 1.00 bits per heavy atom. The van der Waals surface area contributed by atoms with Crippen molar-refractivity contribution in [2.24, 2.45) is 0 Å². The molecule has 3 N–H and O–H groups in total. The number of aliphatic hydroxyl groups excluding tert-OH is 1. The molecule has 4 unspecified atom stereocenters. The van der Waals surface area contributed by atoms with Gasteiger partial charge in [0.05, 0.1) is 17.7 Å². The van der Waals surface area contributed by atoms with Gasteiger partial charge in [0.2, 0.25) is 0 Å². The molecule has 0 saturated carbocycles. The molecule has 7 heteroatoms. The highest BCUT2D eigenvalue weighted by atomic mass is 79.9. The zero-order valence-electron chi connectivity index (χ0n) is 20.6. The fourth-order valence-corrected chi connectivity index (χ4v) is 6.00. The van der Waals surface area contributed by atoms with E-state index < -0.39 is 6.10 Å². The number of halogens is 1. The molecule has 1 saturated heterocycles.